The van der Waals surface area contributed by atoms with Crippen LogP contribution in [0.1, 0.15) is 18.1 Å². The van der Waals surface area contributed by atoms with Crippen LogP contribution in [0.5, 0.6) is 5.75 Å². The second kappa shape index (κ2) is 6.90. The Kier molecular flexibility index (Phi) is 5.52. The van der Waals surface area contributed by atoms with E-state index in [9.17, 15) is 13.6 Å². The van der Waals surface area contributed by atoms with E-state index in [2.05, 4.69) is 4.74 Å². The molecule has 0 aliphatic carbocycles. The normalized spacial score (nSPS) is 10.1. The highest BCUT2D eigenvalue weighted by Crippen LogP contribution is 2.28. The number of ether oxygens (including phenoxy) is 2. The molecule has 102 valence electrons. The Labute approximate surface area is 113 Å². The summed E-state index contributed by atoms with van der Waals surface area (Å²) < 4.78 is 33.2. The first kappa shape index (κ1) is 15.2. The van der Waals surface area contributed by atoms with E-state index in [1.54, 1.807) is 13.0 Å². The van der Waals surface area contributed by atoms with Gasteiger partial charge in [-0.15, -0.1) is 0 Å². The van der Waals surface area contributed by atoms with Gasteiger partial charge in [-0.3, -0.25) is 4.79 Å². The molecule has 0 aliphatic heterocycles. The molecule has 0 amide bonds. The fraction of sp³-hybridized carbons (Fsp3) is 0.333. The zero-order valence-corrected chi connectivity index (χ0v) is 10.7. The lowest BCUT2D eigenvalue weighted by atomic mass is 10.1. The molecule has 0 aliphatic rings. The first-order chi connectivity index (χ1) is 8.97. The summed E-state index contributed by atoms with van der Waals surface area (Å²) >= 11 is 5.89. The van der Waals surface area contributed by atoms with Crippen LogP contribution in [-0.4, -0.2) is 19.2 Å². The van der Waals surface area contributed by atoms with Gasteiger partial charge >= 0.3 is 12.6 Å². The van der Waals surface area contributed by atoms with Crippen molar-refractivity contribution < 1.29 is 23.0 Å². The number of nitriles is 1. The summed E-state index contributed by atoms with van der Waals surface area (Å²) in [5.74, 6) is -0.794. The van der Waals surface area contributed by atoms with Crippen molar-refractivity contribution in [1.29, 1.82) is 5.26 Å². The number of rotatable bonds is 5. The maximum Gasteiger partial charge on any atom is 0.387 e. The zero-order valence-electron chi connectivity index (χ0n) is 9.95. The third-order valence-corrected chi connectivity index (χ3v) is 2.55. The molecule has 0 fully saturated rings. The minimum absolute atomic E-state index is 0.0252. The van der Waals surface area contributed by atoms with E-state index < -0.39 is 12.6 Å². The number of esters is 1. The highest BCUT2D eigenvalue weighted by Gasteiger charge is 2.15. The molecule has 1 aromatic rings. The fourth-order valence-electron chi connectivity index (χ4n) is 1.40. The third-order valence-electron chi connectivity index (χ3n) is 2.11. The number of hydrogen-bond acceptors (Lipinski definition) is 4. The molecule has 0 heterocycles. The Balaban J connectivity index is 3.08. The summed E-state index contributed by atoms with van der Waals surface area (Å²) in [7, 11) is 0. The van der Waals surface area contributed by atoms with Crippen LogP contribution in [0.3, 0.4) is 0 Å². The fourth-order valence-corrected chi connectivity index (χ4v) is 1.62. The van der Waals surface area contributed by atoms with Crippen molar-refractivity contribution in [3.05, 3.63) is 28.3 Å². The van der Waals surface area contributed by atoms with Crippen LogP contribution >= 0.6 is 11.6 Å². The van der Waals surface area contributed by atoms with Gasteiger partial charge in [0.2, 0.25) is 0 Å². The molecule has 0 atom stereocenters. The van der Waals surface area contributed by atoms with Crippen molar-refractivity contribution >= 4 is 17.6 Å². The predicted octanol–water partition coefficient (Wildman–Crippen LogP) is 2.92. The Morgan fingerprint density at radius 1 is 1.53 bits per heavy atom. The molecule has 0 radical (unpaired) electrons. The molecule has 0 unspecified atom stereocenters. The van der Waals surface area contributed by atoms with Crippen LogP contribution in [0.25, 0.3) is 0 Å². The van der Waals surface area contributed by atoms with Gasteiger partial charge in [-0.05, 0) is 24.6 Å². The highest BCUT2D eigenvalue weighted by atomic mass is 35.5. The van der Waals surface area contributed by atoms with E-state index in [4.69, 9.17) is 21.6 Å². The summed E-state index contributed by atoms with van der Waals surface area (Å²) in [6.45, 7) is -1.20. The van der Waals surface area contributed by atoms with E-state index in [0.717, 1.165) is 6.07 Å². The van der Waals surface area contributed by atoms with Crippen LogP contribution in [0.15, 0.2) is 12.1 Å². The van der Waals surface area contributed by atoms with Crippen molar-refractivity contribution in [3.8, 4) is 11.8 Å². The summed E-state index contributed by atoms with van der Waals surface area (Å²) in [6.07, 6.45) is -0.220. The average molecular weight is 290 g/mol. The largest absolute Gasteiger partial charge is 0.466 e. The van der Waals surface area contributed by atoms with Crippen molar-refractivity contribution in [3.63, 3.8) is 0 Å². The molecule has 1 rings (SSSR count). The highest BCUT2D eigenvalue weighted by molar-refractivity contribution is 6.32. The Bertz CT molecular complexity index is 514. The maximum absolute atomic E-state index is 12.1. The van der Waals surface area contributed by atoms with Crippen molar-refractivity contribution in [2.75, 3.05) is 6.61 Å². The van der Waals surface area contributed by atoms with Gasteiger partial charge in [0.05, 0.1) is 23.6 Å². The lowest BCUT2D eigenvalue weighted by Gasteiger charge is -2.10. The number of hydrogen-bond donors (Lipinski definition) is 0. The molecule has 0 saturated carbocycles. The van der Waals surface area contributed by atoms with Crippen LogP contribution in [0.2, 0.25) is 5.02 Å². The number of halogens is 3. The van der Waals surface area contributed by atoms with Gasteiger partial charge in [-0.2, -0.15) is 14.0 Å². The lowest BCUT2D eigenvalue weighted by molar-refractivity contribution is -0.142. The lowest BCUT2D eigenvalue weighted by Crippen LogP contribution is -2.09. The van der Waals surface area contributed by atoms with Gasteiger partial charge in [-0.25, -0.2) is 0 Å². The molecule has 0 saturated heterocycles. The van der Waals surface area contributed by atoms with Crippen LogP contribution in [-0.2, 0) is 16.0 Å². The molecular formula is C12H10ClF2NO3. The van der Waals surface area contributed by atoms with Gasteiger partial charge in [0.1, 0.15) is 11.8 Å². The summed E-state index contributed by atoms with van der Waals surface area (Å²) in [6, 6.07) is 4.02. The Morgan fingerprint density at radius 3 is 2.74 bits per heavy atom. The first-order valence-corrected chi connectivity index (χ1v) is 5.68. The number of carbonyl (C=O) groups excluding carboxylic acids is 1. The topological polar surface area (TPSA) is 59.3 Å². The second-order valence-corrected chi connectivity index (χ2v) is 3.79. The predicted molar refractivity (Wildman–Crippen MR) is 63.1 cm³/mol. The van der Waals surface area contributed by atoms with Gasteiger partial charge in [0.15, 0.2) is 0 Å². The molecule has 1 aromatic carbocycles. The maximum atomic E-state index is 12.1. The number of benzene rings is 1. The van der Waals surface area contributed by atoms with Crippen molar-refractivity contribution in [2.24, 2.45) is 0 Å². The van der Waals surface area contributed by atoms with Crippen molar-refractivity contribution in [2.45, 2.75) is 20.0 Å². The molecular weight excluding hydrogens is 280 g/mol. The first-order valence-electron chi connectivity index (χ1n) is 5.30. The molecule has 0 spiro atoms. The molecule has 0 N–H and O–H groups in total. The zero-order chi connectivity index (χ0) is 14.4. The standard InChI is InChI=1S/C12H10ClF2NO3/c1-2-18-10(17)5-7-3-9(19-12(14)15)4-8(6-16)11(7)13/h3-4,12H,2,5H2,1H3. The van der Waals surface area contributed by atoms with E-state index in [-0.39, 0.29) is 34.9 Å². The molecule has 19 heavy (non-hydrogen) atoms. The Morgan fingerprint density at radius 2 is 2.21 bits per heavy atom. The number of carbonyl (C=O) groups is 1. The summed E-state index contributed by atoms with van der Waals surface area (Å²) in [4.78, 5) is 11.3. The van der Waals surface area contributed by atoms with Gasteiger partial charge in [0.25, 0.3) is 0 Å². The minimum atomic E-state index is -3.02. The Hall–Kier alpha value is -1.87. The van der Waals surface area contributed by atoms with E-state index >= 15 is 0 Å². The van der Waals surface area contributed by atoms with Crippen molar-refractivity contribution in [1.82, 2.24) is 0 Å². The molecule has 0 aromatic heterocycles. The van der Waals surface area contributed by atoms with Crippen LogP contribution < -0.4 is 4.74 Å². The second-order valence-electron chi connectivity index (χ2n) is 3.42. The van der Waals surface area contributed by atoms with Gasteiger partial charge in [-0.1, -0.05) is 11.6 Å². The quantitative estimate of drug-likeness (QED) is 0.782. The molecule has 7 heteroatoms. The smallest absolute Gasteiger partial charge is 0.387 e. The average Bonchev–Trinajstić information content (AvgIpc) is 2.32. The van der Waals surface area contributed by atoms with E-state index in [1.807, 2.05) is 0 Å². The van der Waals surface area contributed by atoms with Crippen LogP contribution in [0.4, 0.5) is 8.78 Å². The number of nitrogens with zero attached hydrogens (tertiary/aromatic N) is 1. The van der Waals surface area contributed by atoms with E-state index in [0.29, 0.717) is 0 Å². The number of alkyl halides is 2. The van der Waals surface area contributed by atoms with E-state index in [1.165, 1.54) is 6.07 Å². The third kappa shape index (κ3) is 4.38. The molecule has 0 bridgehead atoms. The summed E-state index contributed by atoms with van der Waals surface area (Å²) in [5, 5.41) is 8.87. The monoisotopic (exact) mass is 289 g/mol. The molecule has 4 nitrogen and oxygen atoms in total. The van der Waals surface area contributed by atoms with Gasteiger partial charge in [0, 0.05) is 0 Å². The van der Waals surface area contributed by atoms with Gasteiger partial charge < -0.3 is 9.47 Å². The van der Waals surface area contributed by atoms with Crippen LogP contribution in [0, 0.1) is 11.3 Å². The SMILES string of the molecule is CCOC(=O)Cc1cc(OC(F)F)cc(C#N)c1Cl. The summed E-state index contributed by atoms with van der Waals surface area (Å²) in [5.41, 5.74) is 0.161. The minimum Gasteiger partial charge on any atom is -0.466 e.